The molecular weight excluding hydrogens is 378 g/mol. The van der Waals surface area contributed by atoms with E-state index >= 15 is 0 Å². The first kappa shape index (κ1) is 20.9. The first-order valence-electron chi connectivity index (χ1n) is 9.48. The van der Waals surface area contributed by atoms with Gasteiger partial charge in [0, 0.05) is 22.9 Å². The number of hydrogen-bond acceptors (Lipinski definition) is 4. The Labute approximate surface area is 176 Å². The predicted octanol–water partition coefficient (Wildman–Crippen LogP) is 5.18. The summed E-state index contributed by atoms with van der Waals surface area (Å²) in [6, 6.07) is 19.6. The molecule has 0 unspecified atom stereocenters. The van der Waals surface area contributed by atoms with E-state index in [0.29, 0.717) is 17.1 Å². The summed E-state index contributed by atoms with van der Waals surface area (Å²) in [7, 11) is 1.57. The highest BCUT2D eigenvalue weighted by Gasteiger charge is 2.09. The molecule has 0 aliphatic carbocycles. The van der Waals surface area contributed by atoms with Crippen LogP contribution in [0.15, 0.2) is 72.8 Å². The number of carbonyl (C=O) groups excluding carboxylic acids is 2. The molecule has 3 aromatic carbocycles. The Balaban J connectivity index is 1.61. The van der Waals surface area contributed by atoms with E-state index in [4.69, 9.17) is 9.47 Å². The number of benzene rings is 3. The number of aryl methyl sites for hydroxylation is 2. The Morgan fingerprint density at radius 1 is 0.933 bits per heavy atom. The van der Waals surface area contributed by atoms with E-state index in [2.05, 4.69) is 5.32 Å². The van der Waals surface area contributed by atoms with E-state index in [1.807, 2.05) is 56.3 Å². The highest BCUT2D eigenvalue weighted by atomic mass is 16.5. The molecule has 0 aliphatic rings. The molecule has 0 radical (unpaired) electrons. The van der Waals surface area contributed by atoms with Gasteiger partial charge in [0.15, 0.2) is 0 Å². The number of methoxy groups -OCH3 is 1. The fourth-order valence-electron chi connectivity index (χ4n) is 2.93. The smallest absolute Gasteiger partial charge is 0.336 e. The van der Waals surface area contributed by atoms with Crippen molar-refractivity contribution in [2.75, 3.05) is 12.4 Å². The predicted molar refractivity (Wildman–Crippen MR) is 118 cm³/mol. The number of anilines is 1. The third-order valence-electron chi connectivity index (χ3n) is 4.50. The molecule has 152 valence electrons. The van der Waals surface area contributed by atoms with Crippen LogP contribution >= 0.6 is 0 Å². The quantitative estimate of drug-likeness (QED) is 0.351. The van der Waals surface area contributed by atoms with Crippen LogP contribution < -0.4 is 14.8 Å². The van der Waals surface area contributed by atoms with E-state index in [1.54, 1.807) is 37.5 Å². The number of nitrogens with one attached hydrogen (secondary N) is 1. The molecule has 1 amide bonds. The second-order valence-corrected chi connectivity index (χ2v) is 6.79. The summed E-state index contributed by atoms with van der Waals surface area (Å²) in [5.74, 6) is 0.276. The maximum absolute atomic E-state index is 12.5. The zero-order valence-corrected chi connectivity index (χ0v) is 17.1. The van der Waals surface area contributed by atoms with Gasteiger partial charge < -0.3 is 14.8 Å². The highest BCUT2D eigenvalue weighted by Crippen LogP contribution is 2.20. The second kappa shape index (κ2) is 9.56. The van der Waals surface area contributed by atoms with Gasteiger partial charge in [-0.25, -0.2) is 4.79 Å². The zero-order valence-electron chi connectivity index (χ0n) is 17.1. The summed E-state index contributed by atoms with van der Waals surface area (Å²) in [5.41, 5.74) is 4.14. The zero-order chi connectivity index (χ0) is 21.5. The summed E-state index contributed by atoms with van der Waals surface area (Å²) in [4.78, 5) is 24.5. The van der Waals surface area contributed by atoms with Crippen LogP contribution in [0, 0.1) is 13.8 Å². The van der Waals surface area contributed by atoms with Crippen molar-refractivity contribution in [1.82, 2.24) is 0 Å². The minimum absolute atomic E-state index is 0.226. The third-order valence-corrected chi connectivity index (χ3v) is 4.50. The molecule has 5 nitrogen and oxygen atoms in total. The van der Waals surface area contributed by atoms with Gasteiger partial charge in [-0.2, -0.15) is 0 Å². The highest BCUT2D eigenvalue weighted by molar-refractivity contribution is 6.04. The van der Waals surface area contributed by atoms with Crippen molar-refractivity contribution in [3.63, 3.8) is 0 Å². The molecule has 3 rings (SSSR count). The monoisotopic (exact) mass is 401 g/mol. The molecule has 1 N–H and O–H groups in total. The number of hydrogen-bond donors (Lipinski definition) is 1. The molecule has 0 saturated heterocycles. The first-order chi connectivity index (χ1) is 14.5. The van der Waals surface area contributed by atoms with Gasteiger partial charge in [0.05, 0.1) is 7.11 Å². The lowest BCUT2D eigenvalue weighted by Crippen LogP contribution is -2.13. The molecule has 0 bridgehead atoms. The fraction of sp³-hybridized carbons (Fsp3) is 0.120. The van der Waals surface area contributed by atoms with Crippen LogP contribution in [-0.2, 0) is 4.79 Å². The van der Waals surface area contributed by atoms with Gasteiger partial charge in [0.1, 0.15) is 11.5 Å². The molecule has 0 aliphatic heterocycles. The Morgan fingerprint density at radius 2 is 1.67 bits per heavy atom. The molecule has 3 aromatic rings. The Morgan fingerprint density at radius 3 is 2.37 bits per heavy atom. The van der Waals surface area contributed by atoms with Gasteiger partial charge in [-0.1, -0.05) is 35.9 Å². The van der Waals surface area contributed by atoms with E-state index in [9.17, 15) is 9.59 Å². The van der Waals surface area contributed by atoms with E-state index < -0.39 is 5.97 Å². The van der Waals surface area contributed by atoms with Crippen LogP contribution in [0.5, 0.6) is 11.5 Å². The lowest BCUT2D eigenvalue weighted by molar-refractivity contribution is -0.128. The summed E-state index contributed by atoms with van der Waals surface area (Å²) in [5, 5.41) is 2.89. The summed E-state index contributed by atoms with van der Waals surface area (Å²) < 4.78 is 10.5. The molecular formula is C25H23NO4. The Kier molecular flexibility index (Phi) is 6.65. The summed E-state index contributed by atoms with van der Waals surface area (Å²) >= 11 is 0. The maximum Gasteiger partial charge on any atom is 0.336 e. The van der Waals surface area contributed by atoms with Crippen LogP contribution in [0.25, 0.3) is 6.08 Å². The number of amides is 1. The lowest BCUT2D eigenvalue weighted by Gasteiger charge is -2.09. The number of para-hydroxylation sites is 1. The minimum atomic E-state index is -0.520. The Hall–Kier alpha value is -3.86. The van der Waals surface area contributed by atoms with Crippen molar-refractivity contribution in [2.24, 2.45) is 0 Å². The molecule has 0 heterocycles. The maximum atomic E-state index is 12.5. The summed E-state index contributed by atoms with van der Waals surface area (Å²) in [6.45, 7) is 3.95. The average molecular weight is 401 g/mol. The van der Waals surface area contributed by atoms with Crippen molar-refractivity contribution in [3.8, 4) is 11.5 Å². The third kappa shape index (κ3) is 5.35. The van der Waals surface area contributed by atoms with Gasteiger partial charge in [-0.15, -0.1) is 0 Å². The van der Waals surface area contributed by atoms with Crippen LogP contribution in [0.3, 0.4) is 0 Å². The molecule has 0 spiro atoms. The van der Waals surface area contributed by atoms with Crippen molar-refractivity contribution in [1.29, 1.82) is 0 Å². The molecule has 5 heteroatoms. The molecule has 0 fully saturated rings. The van der Waals surface area contributed by atoms with Crippen LogP contribution in [0.1, 0.15) is 27.0 Å². The number of carbonyl (C=O) groups is 2. The number of esters is 1. The summed E-state index contributed by atoms with van der Waals surface area (Å²) in [6.07, 6.45) is 2.96. The van der Waals surface area contributed by atoms with Gasteiger partial charge in [-0.05, 0) is 61.9 Å². The van der Waals surface area contributed by atoms with Crippen LogP contribution in [0.4, 0.5) is 5.69 Å². The van der Waals surface area contributed by atoms with Crippen LogP contribution in [-0.4, -0.2) is 19.0 Å². The van der Waals surface area contributed by atoms with Crippen molar-refractivity contribution in [3.05, 3.63) is 95.1 Å². The van der Waals surface area contributed by atoms with Gasteiger partial charge >= 0.3 is 5.97 Å². The fourth-order valence-corrected chi connectivity index (χ4v) is 2.93. The molecule has 0 atom stereocenters. The number of ether oxygens (including phenoxy) is 2. The normalized spacial score (nSPS) is 10.6. The van der Waals surface area contributed by atoms with Crippen molar-refractivity contribution < 1.29 is 19.1 Å². The molecule has 0 saturated carbocycles. The van der Waals surface area contributed by atoms with Gasteiger partial charge in [0.25, 0.3) is 5.91 Å². The van der Waals surface area contributed by atoms with E-state index in [1.165, 1.54) is 6.08 Å². The largest absolute Gasteiger partial charge is 0.496 e. The first-order valence-corrected chi connectivity index (χ1v) is 9.48. The lowest BCUT2D eigenvalue weighted by atomic mass is 10.1. The minimum Gasteiger partial charge on any atom is -0.496 e. The van der Waals surface area contributed by atoms with Crippen molar-refractivity contribution >= 4 is 23.6 Å². The van der Waals surface area contributed by atoms with E-state index in [0.717, 1.165) is 22.4 Å². The Bertz CT molecular complexity index is 1080. The standard InChI is InChI=1S/C25H23NO4/c1-17-8-14-22(18(2)16-17)26-25(28)20-9-12-21(13-10-20)30-24(27)15-11-19-6-4-5-7-23(19)29-3/h4-16H,1-3H3,(H,26,28)/b15-11+. The topological polar surface area (TPSA) is 64.6 Å². The number of rotatable bonds is 6. The SMILES string of the molecule is COc1ccccc1/C=C/C(=O)Oc1ccc(C(=O)Nc2ccc(C)cc2C)cc1. The average Bonchev–Trinajstić information content (AvgIpc) is 2.75. The van der Waals surface area contributed by atoms with E-state index in [-0.39, 0.29) is 5.91 Å². The van der Waals surface area contributed by atoms with Gasteiger partial charge in [-0.3, -0.25) is 4.79 Å². The second-order valence-electron chi connectivity index (χ2n) is 6.79. The van der Waals surface area contributed by atoms with Gasteiger partial charge in [0.2, 0.25) is 0 Å². The van der Waals surface area contributed by atoms with Crippen molar-refractivity contribution in [2.45, 2.75) is 13.8 Å². The van der Waals surface area contributed by atoms with Crippen LogP contribution in [0.2, 0.25) is 0 Å². The molecule has 0 aromatic heterocycles. The molecule has 30 heavy (non-hydrogen) atoms.